The molecule has 0 rings (SSSR count). The lowest BCUT2D eigenvalue weighted by atomic mass is 9.92. The van der Waals surface area contributed by atoms with Crippen LogP contribution >= 0.6 is 0 Å². The van der Waals surface area contributed by atoms with Crippen LogP contribution in [0.2, 0.25) is 0 Å². The first-order valence-electron chi connectivity index (χ1n) is 3.66. The van der Waals surface area contributed by atoms with E-state index in [1.54, 1.807) is 0 Å². The maximum Gasteiger partial charge on any atom is 0.338 e. The van der Waals surface area contributed by atoms with Crippen molar-refractivity contribution >= 4 is 11.9 Å². The van der Waals surface area contributed by atoms with E-state index < -0.39 is 36.5 Å². The van der Waals surface area contributed by atoms with Crippen molar-refractivity contribution < 1.29 is 30.0 Å². The molecule has 13 heavy (non-hydrogen) atoms. The molecule has 6 nitrogen and oxygen atoms in total. The number of hydrogen-bond acceptors (Lipinski definition) is 4. The van der Waals surface area contributed by atoms with Crippen molar-refractivity contribution in [1.82, 2.24) is 0 Å². The summed E-state index contributed by atoms with van der Waals surface area (Å²) in [6, 6.07) is 0. The van der Waals surface area contributed by atoms with Crippen molar-refractivity contribution in [1.29, 1.82) is 0 Å². The van der Waals surface area contributed by atoms with Crippen molar-refractivity contribution in [3.05, 3.63) is 0 Å². The summed E-state index contributed by atoms with van der Waals surface area (Å²) >= 11 is 0. The first kappa shape index (κ1) is 11.9. The van der Waals surface area contributed by atoms with Crippen LogP contribution in [-0.4, -0.2) is 44.1 Å². The summed E-state index contributed by atoms with van der Waals surface area (Å²) < 4.78 is 0. The summed E-state index contributed by atoms with van der Waals surface area (Å²) in [6.07, 6.45) is -2.53. The lowest BCUT2D eigenvalue weighted by Gasteiger charge is -2.25. The van der Waals surface area contributed by atoms with Gasteiger partial charge in [0.15, 0.2) is 5.60 Å². The van der Waals surface area contributed by atoms with Gasteiger partial charge in [0.2, 0.25) is 0 Å². The van der Waals surface area contributed by atoms with Gasteiger partial charge in [-0.25, -0.2) is 4.79 Å². The summed E-state index contributed by atoms with van der Waals surface area (Å²) in [5.74, 6) is -2.84. The van der Waals surface area contributed by atoms with Crippen LogP contribution in [0, 0.1) is 0 Å². The fourth-order valence-corrected chi connectivity index (χ4v) is 0.792. The van der Waals surface area contributed by atoms with Crippen molar-refractivity contribution in [2.75, 3.05) is 0 Å². The Hall–Kier alpha value is -1.14. The third-order valence-corrected chi connectivity index (χ3v) is 1.78. The van der Waals surface area contributed by atoms with Gasteiger partial charge in [-0.15, -0.1) is 0 Å². The van der Waals surface area contributed by atoms with Gasteiger partial charge < -0.3 is 20.4 Å². The third-order valence-electron chi connectivity index (χ3n) is 1.78. The molecule has 0 saturated carbocycles. The Bertz CT molecular complexity index is 211. The topological polar surface area (TPSA) is 115 Å². The minimum atomic E-state index is -2.38. The maximum absolute atomic E-state index is 10.5. The number of carbonyl (C=O) groups is 2. The van der Waals surface area contributed by atoms with Gasteiger partial charge in [0.1, 0.15) is 0 Å². The van der Waals surface area contributed by atoms with E-state index in [2.05, 4.69) is 0 Å². The molecular weight excluding hydrogens is 180 g/mol. The van der Waals surface area contributed by atoms with Gasteiger partial charge in [-0.2, -0.15) is 0 Å². The second-order valence-electron chi connectivity index (χ2n) is 2.80. The van der Waals surface area contributed by atoms with E-state index >= 15 is 0 Å². The number of rotatable bonds is 5. The average Bonchev–Trinajstić information content (AvgIpc) is 1.99. The van der Waals surface area contributed by atoms with Crippen molar-refractivity contribution in [3.8, 4) is 0 Å². The van der Waals surface area contributed by atoms with Gasteiger partial charge in [0.25, 0.3) is 0 Å². The van der Waals surface area contributed by atoms with Gasteiger partial charge in [-0.05, 0) is 13.3 Å². The van der Waals surface area contributed by atoms with Crippen LogP contribution in [-0.2, 0) is 9.59 Å². The van der Waals surface area contributed by atoms with Crippen LogP contribution in [0.25, 0.3) is 0 Å². The quantitative estimate of drug-likeness (QED) is 0.446. The summed E-state index contributed by atoms with van der Waals surface area (Å²) in [7, 11) is 0. The summed E-state index contributed by atoms with van der Waals surface area (Å²) in [5.41, 5.74) is -2.38. The van der Waals surface area contributed by atoms with E-state index in [9.17, 15) is 14.7 Å². The molecule has 76 valence electrons. The number of carboxylic acid groups (broad SMARTS) is 2. The zero-order valence-corrected chi connectivity index (χ0v) is 7.10. The normalized spacial score (nSPS) is 17.5. The first-order valence-corrected chi connectivity index (χ1v) is 3.66. The average molecular weight is 192 g/mol. The molecule has 0 aliphatic rings. The third kappa shape index (κ3) is 3.00. The summed E-state index contributed by atoms with van der Waals surface area (Å²) in [6.45, 7) is 1.09. The Morgan fingerprint density at radius 1 is 1.38 bits per heavy atom. The standard InChI is InChI=1S/C7H12O6/c1-4(8)7(13,6(11)12)3-2-5(9)10/h4,8,13H,2-3H2,1H3,(H,9,10)(H,11,12). The molecule has 0 spiro atoms. The monoisotopic (exact) mass is 192 g/mol. The Labute approximate surface area is 74.4 Å². The van der Waals surface area contributed by atoms with Crippen LogP contribution in [0.15, 0.2) is 0 Å². The molecule has 0 aliphatic carbocycles. The second kappa shape index (κ2) is 4.20. The summed E-state index contributed by atoms with van der Waals surface area (Å²) in [5, 5.41) is 35.0. The lowest BCUT2D eigenvalue weighted by Crippen LogP contribution is -2.48. The molecule has 0 radical (unpaired) electrons. The highest BCUT2D eigenvalue weighted by atomic mass is 16.4. The van der Waals surface area contributed by atoms with Crippen molar-refractivity contribution in [3.63, 3.8) is 0 Å². The van der Waals surface area contributed by atoms with Gasteiger partial charge in [0.05, 0.1) is 6.10 Å². The van der Waals surface area contributed by atoms with E-state index in [4.69, 9.17) is 15.3 Å². The Morgan fingerprint density at radius 2 is 1.85 bits per heavy atom. The van der Waals surface area contributed by atoms with E-state index in [0.717, 1.165) is 6.92 Å². The van der Waals surface area contributed by atoms with Gasteiger partial charge in [-0.3, -0.25) is 4.79 Å². The highest BCUT2D eigenvalue weighted by Crippen LogP contribution is 2.18. The molecule has 0 aliphatic heterocycles. The van der Waals surface area contributed by atoms with Crippen LogP contribution < -0.4 is 0 Å². The SMILES string of the molecule is CC(O)C(O)(CCC(=O)O)C(=O)O. The first-order chi connectivity index (χ1) is 5.80. The van der Waals surface area contributed by atoms with Crippen LogP contribution in [0.1, 0.15) is 19.8 Å². The summed E-state index contributed by atoms with van der Waals surface area (Å²) in [4.78, 5) is 20.6. The zero-order valence-electron chi connectivity index (χ0n) is 7.10. The molecule has 2 unspecified atom stereocenters. The molecule has 0 bridgehead atoms. The number of aliphatic hydroxyl groups is 2. The molecule has 0 aromatic heterocycles. The van der Waals surface area contributed by atoms with Crippen LogP contribution in [0.3, 0.4) is 0 Å². The molecule has 6 heteroatoms. The largest absolute Gasteiger partial charge is 0.481 e. The molecular formula is C7H12O6. The highest BCUT2D eigenvalue weighted by Gasteiger charge is 2.41. The van der Waals surface area contributed by atoms with E-state index in [-0.39, 0.29) is 0 Å². The molecule has 0 aromatic carbocycles. The Balaban J connectivity index is 4.43. The zero-order chi connectivity index (χ0) is 10.6. The Morgan fingerprint density at radius 3 is 2.08 bits per heavy atom. The van der Waals surface area contributed by atoms with E-state index in [0.29, 0.717) is 0 Å². The van der Waals surface area contributed by atoms with Crippen LogP contribution in [0.5, 0.6) is 0 Å². The van der Waals surface area contributed by atoms with Crippen molar-refractivity contribution in [2.45, 2.75) is 31.5 Å². The van der Waals surface area contributed by atoms with Crippen LogP contribution in [0.4, 0.5) is 0 Å². The molecule has 2 atom stereocenters. The lowest BCUT2D eigenvalue weighted by molar-refractivity contribution is -0.172. The molecule has 0 heterocycles. The number of hydrogen-bond donors (Lipinski definition) is 4. The number of aliphatic hydroxyl groups excluding tert-OH is 1. The second-order valence-corrected chi connectivity index (χ2v) is 2.80. The van der Waals surface area contributed by atoms with E-state index in [1.165, 1.54) is 0 Å². The highest BCUT2D eigenvalue weighted by molar-refractivity contribution is 5.79. The number of carboxylic acids is 2. The predicted octanol–water partition coefficient (Wildman–Crippen LogP) is -0.952. The van der Waals surface area contributed by atoms with Gasteiger partial charge in [0, 0.05) is 6.42 Å². The smallest absolute Gasteiger partial charge is 0.338 e. The van der Waals surface area contributed by atoms with E-state index in [1.807, 2.05) is 0 Å². The molecule has 4 N–H and O–H groups in total. The molecule has 0 amide bonds. The number of aliphatic carboxylic acids is 2. The fraction of sp³-hybridized carbons (Fsp3) is 0.714. The van der Waals surface area contributed by atoms with Gasteiger partial charge >= 0.3 is 11.9 Å². The van der Waals surface area contributed by atoms with Crippen molar-refractivity contribution in [2.24, 2.45) is 0 Å². The predicted molar refractivity (Wildman–Crippen MR) is 41.1 cm³/mol. The molecule has 0 aromatic rings. The minimum absolute atomic E-state index is 0.506. The maximum atomic E-state index is 10.5. The molecule has 0 saturated heterocycles. The molecule has 0 fully saturated rings. The Kier molecular flexibility index (Phi) is 3.83. The van der Waals surface area contributed by atoms with Gasteiger partial charge in [-0.1, -0.05) is 0 Å². The minimum Gasteiger partial charge on any atom is -0.481 e. The fourth-order valence-electron chi connectivity index (χ4n) is 0.792.